The molecule has 134 valence electrons. The molecule has 0 unspecified atom stereocenters. The number of methoxy groups -OCH3 is 1. The van der Waals surface area contributed by atoms with Crippen molar-refractivity contribution in [1.82, 2.24) is 4.90 Å². The highest BCUT2D eigenvalue weighted by Crippen LogP contribution is 2.30. The van der Waals surface area contributed by atoms with Gasteiger partial charge in [0.15, 0.2) is 0 Å². The number of ether oxygens (including phenoxy) is 2. The summed E-state index contributed by atoms with van der Waals surface area (Å²) in [6.45, 7) is 3.81. The minimum atomic E-state index is -0.0247. The average molecular weight is 351 g/mol. The third-order valence-electron chi connectivity index (χ3n) is 4.79. The summed E-state index contributed by atoms with van der Waals surface area (Å²) >= 11 is 0. The Balaban J connectivity index is 1.82. The molecule has 0 spiro atoms. The van der Waals surface area contributed by atoms with Crippen LogP contribution in [0, 0.1) is 0 Å². The molecule has 26 heavy (non-hydrogen) atoms. The molecule has 2 heterocycles. The molecule has 5 heteroatoms. The second-order valence-corrected chi connectivity index (χ2v) is 6.36. The predicted molar refractivity (Wildman–Crippen MR) is 101 cm³/mol. The van der Waals surface area contributed by atoms with Crippen LogP contribution in [0.25, 0.3) is 22.1 Å². The third kappa shape index (κ3) is 3.11. The van der Waals surface area contributed by atoms with E-state index in [1.165, 1.54) is 0 Å². The Morgan fingerprint density at radius 2 is 1.85 bits per heavy atom. The van der Waals surface area contributed by atoms with Crippen molar-refractivity contribution in [3.05, 3.63) is 64.5 Å². The molecule has 5 nitrogen and oxygen atoms in total. The molecular formula is C21H21NO4. The molecular weight excluding hydrogens is 330 g/mol. The fourth-order valence-corrected chi connectivity index (χ4v) is 3.38. The maximum absolute atomic E-state index is 13.0. The summed E-state index contributed by atoms with van der Waals surface area (Å²) in [5.41, 5.74) is 2.90. The van der Waals surface area contributed by atoms with E-state index in [2.05, 4.69) is 4.90 Å². The standard InChI is InChI=1S/C21H21NO4/c1-24-19-8-7-16-20(23)18(15-5-3-2-4-6-15)14-26-21(16)17(19)13-22-9-11-25-12-10-22/h2-8,14H,9-13H2,1H3. The first-order valence-electron chi connectivity index (χ1n) is 8.75. The Morgan fingerprint density at radius 1 is 1.08 bits per heavy atom. The quantitative estimate of drug-likeness (QED) is 0.722. The van der Waals surface area contributed by atoms with Gasteiger partial charge in [-0.15, -0.1) is 0 Å². The normalized spacial score (nSPS) is 15.3. The molecule has 0 amide bonds. The van der Waals surface area contributed by atoms with Gasteiger partial charge in [-0.25, -0.2) is 0 Å². The second-order valence-electron chi connectivity index (χ2n) is 6.36. The van der Waals surface area contributed by atoms with Crippen LogP contribution in [-0.4, -0.2) is 38.3 Å². The Morgan fingerprint density at radius 3 is 2.58 bits per heavy atom. The van der Waals surface area contributed by atoms with Gasteiger partial charge in [-0.05, 0) is 17.7 Å². The molecule has 1 fully saturated rings. The molecule has 0 radical (unpaired) electrons. The van der Waals surface area contributed by atoms with Crippen molar-refractivity contribution >= 4 is 11.0 Å². The molecule has 3 aromatic rings. The van der Waals surface area contributed by atoms with Crippen molar-refractivity contribution in [1.29, 1.82) is 0 Å². The minimum absolute atomic E-state index is 0.0247. The second kappa shape index (κ2) is 7.32. The Hall–Kier alpha value is -2.63. The number of morpholine rings is 1. The average Bonchev–Trinajstić information content (AvgIpc) is 2.70. The zero-order valence-electron chi connectivity index (χ0n) is 14.7. The first-order chi connectivity index (χ1) is 12.8. The largest absolute Gasteiger partial charge is 0.496 e. The number of hydrogen-bond acceptors (Lipinski definition) is 5. The summed E-state index contributed by atoms with van der Waals surface area (Å²) in [7, 11) is 1.64. The van der Waals surface area contributed by atoms with Crippen LogP contribution in [0.15, 0.2) is 57.9 Å². The lowest BCUT2D eigenvalue weighted by atomic mass is 10.0. The Kier molecular flexibility index (Phi) is 4.73. The van der Waals surface area contributed by atoms with Crippen molar-refractivity contribution in [2.75, 3.05) is 33.4 Å². The summed E-state index contributed by atoms with van der Waals surface area (Å²) in [4.78, 5) is 15.3. The van der Waals surface area contributed by atoms with Crippen molar-refractivity contribution in [2.45, 2.75) is 6.54 Å². The van der Waals surface area contributed by atoms with Crippen LogP contribution in [0.4, 0.5) is 0 Å². The maximum atomic E-state index is 13.0. The maximum Gasteiger partial charge on any atom is 0.200 e. The highest BCUT2D eigenvalue weighted by atomic mass is 16.5. The van der Waals surface area contributed by atoms with E-state index in [9.17, 15) is 4.79 Å². The van der Waals surface area contributed by atoms with E-state index in [4.69, 9.17) is 13.9 Å². The summed E-state index contributed by atoms with van der Waals surface area (Å²) in [6, 6.07) is 13.2. The smallest absolute Gasteiger partial charge is 0.200 e. The van der Waals surface area contributed by atoms with Crippen LogP contribution in [0.2, 0.25) is 0 Å². The lowest BCUT2D eigenvalue weighted by Gasteiger charge is -2.27. The van der Waals surface area contributed by atoms with E-state index in [0.717, 1.165) is 43.2 Å². The summed E-state index contributed by atoms with van der Waals surface area (Å²) < 4.78 is 16.9. The molecule has 4 rings (SSSR count). The van der Waals surface area contributed by atoms with Gasteiger partial charge in [0.2, 0.25) is 5.43 Å². The Labute approximate surface area is 151 Å². The molecule has 1 aliphatic rings. The van der Waals surface area contributed by atoms with Crippen molar-refractivity contribution < 1.29 is 13.9 Å². The number of fused-ring (bicyclic) bond motifs is 1. The van der Waals surface area contributed by atoms with E-state index < -0.39 is 0 Å². The van der Waals surface area contributed by atoms with Gasteiger partial charge in [0.05, 0.1) is 36.8 Å². The highest BCUT2D eigenvalue weighted by molar-refractivity contribution is 5.85. The zero-order valence-corrected chi connectivity index (χ0v) is 14.7. The van der Waals surface area contributed by atoms with Crippen LogP contribution in [0.1, 0.15) is 5.56 Å². The SMILES string of the molecule is COc1ccc2c(=O)c(-c3ccccc3)coc2c1CN1CCOCC1. The van der Waals surface area contributed by atoms with Crippen molar-refractivity contribution in [3.8, 4) is 16.9 Å². The summed E-state index contributed by atoms with van der Waals surface area (Å²) in [5, 5.41) is 0.579. The van der Waals surface area contributed by atoms with E-state index in [0.29, 0.717) is 23.1 Å². The number of hydrogen-bond donors (Lipinski definition) is 0. The lowest BCUT2D eigenvalue weighted by Crippen LogP contribution is -2.35. The topological polar surface area (TPSA) is 51.9 Å². The van der Waals surface area contributed by atoms with Crippen molar-refractivity contribution in [3.63, 3.8) is 0 Å². The van der Waals surface area contributed by atoms with Crippen LogP contribution < -0.4 is 10.2 Å². The molecule has 0 bridgehead atoms. The lowest BCUT2D eigenvalue weighted by molar-refractivity contribution is 0.0339. The highest BCUT2D eigenvalue weighted by Gasteiger charge is 2.19. The minimum Gasteiger partial charge on any atom is -0.496 e. The van der Waals surface area contributed by atoms with Gasteiger partial charge in [0.25, 0.3) is 0 Å². The zero-order chi connectivity index (χ0) is 17.9. The van der Waals surface area contributed by atoms with Crippen LogP contribution >= 0.6 is 0 Å². The van der Waals surface area contributed by atoms with Gasteiger partial charge in [-0.3, -0.25) is 9.69 Å². The summed E-state index contributed by atoms with van der Waals surface area (Å²) in [5.74, 6) is 0.736. The molecule has 0 N–H and O–H groups in total. The molecule has 0 saturated carbocycles. The molecule has 2 aromatic carbocycles. The van der Waals surface area contributed by atoms with Gasteiger partial charge in [0.1, 0.15) is 17.6 Å². The van der Waals surface area contributed by atoms with Crippen LogP contribution in [0.3, 0.4) is 0 Å². The molecule has 0 atom stereocenters. The van der Waals surface area contributed by atoms with Gasteiger partial charge >= 0.3 is 0 Å². The van der Waals surface area contributed by atoms with Gasteiger partial charge in [-0.1, -0.05) is 30.3 Å². The van der Waals surface area contributed by atoms with E-state index in [1.54, 1.807) is 19.4 Å². The van der Waals surface area contributed by atoms with Crippen LogP contribution in [-0.2, 0) is 11.3 Å². The first kappa shape index (κ1) is 16.8. The molecule has 1 aliphatic heterocycles. The Bertz CT molecular complexity index is 959. The third-order valence-corrected chi connectivity index (χ3v) is 4.79. The fourth-order valence-electron chi connectivity index (χ4n) is 3.38. The van der Waals surface area contributed by atoms with Crippen LogP contribution in [0.5, 0.6) is 5.75 Å². The molecule has 1 aromatic heterocycles. The monoisotopic (exact) mass is 351 g/mol. The number of benzene rings is 2. The molecule has 1 saturated heterocycles. The number of rotatable bonds is 4. The van der Waals surface area contributed by atoms with Gasteiger partial charge < -0.3 is 13.9 Å². The predicted octanol–water partition coefficient (Wildman–Crippen LogP) is 3.30. The van der Waals surface area contributed by atoms with E-state index in [-0.39, 0.29) is 5.43 Å². The van der Waals surface area contributed by atoms with Gasteiger partial charge in [0, 0.05) is 19.6 Å². The van der Waals surface area contributed by atoms with E-state index in [1.807, 2.05) is 36.4 Å². The molecule has 0 aliphatic carbocycles. The van der Waals surface area contributed by atoms with Crippen molar-refractivity contribution in [2.24, 2.45) is 0 Å². The van der Waals surface area contributed by atoms with E-state index >= 15 is 0 Å². The van der Waals surface area contributed by atoms with Gasteiger partial charge in [-0.2, -0.15) is 0 Å². The fraction of sp³-hybridized carbons (Fsp3) is 0.286. The number of nitrogens with zero attached hydrogens (tertiary/aromatic N) is 1. The summed E-state index contributed by atoms with van der Waals surface area (Å²) in [6.07, 6.45) is 1.56. The first-order valence-corrected chi connectivity index (χ1v) is 8.75.